The molecule has 29 heavy (non-hydrogen) atoms. The van der Waals surface area contributed by atoms with E-state index in [1.165, 1.54) is 6.08 Å². The number of carbonyl (C=O) groups excluding carboxylic acids is 4. The quantitative estimate of drug-likeness (QED) is 0.530. The maximum absolute atomic E-state index is 12.4. The molecule has 2 aromatic rings. The maximum Gasteiger partial charge on any atom is 0.324 e. The van der Waals surface area contributed by atoms with Gasteiger partial charge in [0.1, 0.15) is 6.29 Å². The topological polar surface area (TPSA) is 95.6 Å². The number of carbonyl (C=O) groups is 4. The smallest absolute Gasteiger partial charge is 0.324 e. The van der Waals surface area contributed by atoms with Crippen molar-refractivity contribution in [2.45, 2.75) is 6.42 Å². The van der Waals surface area contributed by atoms with Crippen molar-refractivity contribution in [3.05, 3.63) is 77.4 Å². The Balaban J connectivity index is 1.98. The van der Waals surface area contributed by atoms with Crippen LogP contribution in [0.4, 0.5) is 4.79 Å². The van der Waals surface area contributed by atoms with Crippen molar-refractivity contribution in [1.29, 1.82) is 0 Å². The van der Waals surface area contributed by atoms with Crippen molar-refractivity contribution < 1.29 is 19.2 Å². The lowest BCUT2D eigenvalue weighted by atomic mass is 10.0. The average molecular weight is 393 g/mol. The van der Waals surface area contributed by atoms with E-state index in [0.29, 0.717) is 18.3 Å². The van der Waals surface area contributed by atoms with Crippen LogP contribution in [0.1, 0.15) is 21.5 Å². The van der Waals surface area contributed by atoms with Crippen LogP contribution in [0.5, 0.6) is 0 Å². The van der Waals surface area contributed by atoms with E-state index in [-0.39, 0.29) is 19.0 Å². The third kappa shape index (κ3) is 6.42. The van der Waals surface area contributed by atoms with E-state index >= 15 is 0 Å². The highest BCUT2D eigenvalue weighted by Crippen LogP contribution is 2.09. The van der Waals surface area contributed by atoms with Gasteiger partial charge < -0.3 is 15.4 Å². The van der Waals surface area contributed by atoms with Gasteiger partial charge in [-0.15, -0.1) is 0 Å². The molecular weight excluding hydrogens is 370 g/mol. The summed E-state index contributed by atoms with van der Waals surface area (Å²) in [5.41, 5.74) is 2.10. The van der Waals surface area contributed by atoms with E-state index in [9.17, 15) is 19.2 Å². The van der Waals surface area contributed by atoms with Crippen LogP contribution >= 0.6 is 0 Å². The third-order valence-electron chi connectivity index (χ3n) is 4.15. The summed E-state index contributed by atoms with van der Waals surface area (Å²) in [6.45, 7) is -0.142. The number of rotatable bonds is 8. The fourth-order valence-corrected chi connectivity index (χ4v) is 2.66. The largest absolute Gasteiger partial charge is 0.355 e. The van der Waals surface area contributed by atoms with Crippen molar-refractivity contribution in [2.24, 2.45) is 0 Å². The number of aldehydes is 1. The van der Waals surface area contributed by atoms with Gasteiger partial charge in [0.05, 0.1) is 6.54 Å². The Labute approximate surface area is 169 Å². The van der Waals surface area contributed by atoms with Gasteiger partial charge in [0.25, 0.3) is 11.8 Å². The van der Waals surface area contributed by atoms with Gasteiger partial charge in [0.2, 0.25) is 0 Å². The number of nitrogens with one attached hydrogen (secondary N) is 2. The second-order valence-corrected chi connectivity index (χ2v) is 6.08. The summed E-state index contributed by atoms with van der Waals surface area (Å²) in [4.78, 5) is 48.3. The first-order valence-electron chi connectivity index (χ1n) is 9.13. The van der Waals surface area contributed by atoms with Gasteiger partial charge in [-0.25, -0.2) is 4.79 Å². The van der Waals surface area contributed by atoms with E-state index in [2.05, 4.69) is 10.6 Å². The Kier molecular flexibility index (Phi) is 8.31. The van der Waals surface area contributed by atoms with Crippen LogP contribution in [0.25, 0.3) is 6.08 Å². The third-order valence-corrected chi connectivity index (χ3v) is 4.15. The van der Waals surface area contributed by atoms with Gasteiger partial charge in [-0.2, -0.15) is 0 Å². The average Bonchev–Trinajstić information content (AvgIpc) is 2.76. The fraction of sp³-hybridized carbons (Fsp3) is 0.182. The first-order chi connectivity index (χ1) is 14.1. The predicted octanol–water partition coefficient (Wildman–Crippen LogP) is 2.04. The van der Waals surface area contributed by atoms with Crippen molar-refractivity contribution in [3.63, 3.8) is 0 Å². The second-order valence-electron chi connectivity index (χ2n) is 6.08. The Bertz CT molecular complexity index is 894. The monoisotopic (exact) mass is 393 g/mol. The van der Waals surface area contributed by atoms with Crippen molar-refractivity contribution in [1.82, 2.24) is 15.5 Å². The van der Waals surface area contributed by atoms with Gasteiger partial charge in [0, 0.05) is 25.2 Å². The molecule has 0 atom stereocenters. The highest BCUT2D eigenvalue weighted by Gasteiger charge is 2.19. The zero-order valence-electron chi connectivity index (χ0n) is 16.1. The molecular formula is C22H23N3O4. The van der Waals surface area contributed by atoms with Crippen molar-refractivity contribution in [2.75, 3.05) is 20.1 Å². The molecule has 0 aromatic heterocycles. The fourth-order valence-electron chi connectivity index (χ4n) is 2.66. The molecule has 0 bridgehead atoms. The molecule has 0 aliphatic rings. The first-order valence-corrected chi connectivity index (χ1v) is 9.13. The number of hydrogen-bond donors (Lipinski definition) is 2. The molecule has 0 heterocycles. The molecule has 0 aliphatic heterocycles. The highest BCUT2D eigenvalue weighted by molar-refractivity contribution is 6.03. The minimum Gasteiger partial charge on any atom is -0.355 e. The lowest BCUT2D eigenvalue weighted by Gasteiger charge is -2.17. The molecule has 0 fully saturated rings. The van der Waals surface area contributed by atoms with Crippen LogP contribution in [0.15, 0.2) is 60.7 Å². The molecule has 150 valence electrons. The maximum atomic E-state index is 12.4. The first kappa shape index (κ1) is 21.6. The Morgan fingerprint density at radius 3 is 2.38 bits per heavy atom. The number of hydrogen-bond acceptors (Lipinski definition) is 4. The van der Waals surface area contributed by atoms with Gasteiger partial charge in [0.15, 0.2) is 0 Å². The van der Waals surface area contributed by atoms with E-state index in [1.54, 1.807) is 37.4 Å². The summed E-state index contributed by atoms with van der Waals surface area (Å²) >= 11 is 0. The minimum absolute atomic E-state index is 0.206. The van der Waals surface area contributed by atoms with Crippen LogP contribution in [0.3, 0.4) is 0 Å². The number of nitrogens with zero attached hydrogens (tertiary/aromatic N) is 1. The van der Waals surface area contributed by atoms with E-state index in [0.717, 1.165) is 16.0 Å². The minimum atomic E-state index is -0.669. The van der Waals surface area contributed by atoms with Crippen molar-refractivity contribution in [3.8, 4) is 0 Å². The normalized spacial score (nSPS) is 10.4. The molecule has 0 spiro atoms. The van der Waals surface area contributed by atoms with Crippen molar-refractivity contribution >= 4 is 30.2 Å². The number of imide groups is 1. The van der Waals surface area contributed by atoms with Gasteiger partial charge >= 0.3 is 6.03 Å². The van der Waals surface area contributed by atoms with Gasteiger partial charge in [-0.3, -0.25) is 14.5 Å². The van der Waals surface area contributed by atoms with Crippen LogP contribution in [0, 0.1) is 0 Å². The Morgan fingerprint density at radius 1 is 1.00 bits per heavy atom. The number of benzene rings is 2. The number of urea groups is 1. The number of amides is 4. The molecule has 4 amide bonds. The van der Waals surface area contributed by atoms with Crippen LogP contribution in [0.2, 0.25) is 0 Å². The molecule has 0 aliphatic carbocycles. The lowest BCUT2D eigenvalue weighted by molar-refractivity contribution is -0.125. The molecule has 0 saturated heterocycles. The summed E-state index contributed by atoms with van der Waals surface area (Å²) in [6, 6.07) is 15.5. The van der Waals surface area contributed by atoms with Crippen LogP contribution < -0.4 is 10.6 Å². The standard InChI is InChI=1S/C22H23N3O4/c1-23-21(28)19-10-6-5-9-18(19)13-14-24-22(29)25(15-16-26)20(27)12-11-17-7-3-2-4-8-17/h2-12,16H,13-15H2,1H3,(H,23,28)(H,24,29)/b12-11+. The zero-order valence-corrected chi connectivity index (χ0v) is 16.1. The van der Waals surface area contributed by atoms with Gasteiger partial charge in [-0.05, 0) is 29.7 Å². The molecule has 7 nitrogen and oxygen atoms in total. The Morgan fingerprint density at radius 2 is 1.69 bits per heavy atom. The molecule has 0 saturated carbocycles. The summed E-state index contributed by atoms with van der Waals surface area (Å²) in [5.74, 6) is -0.806. The van der Waals surface area contributed by atoms with E-state index in [1.807, 2.05) is 30.3 Å². The van der Waals surface area contributed by atoms with Crippen LogP contribution in [-0.2, 0) is 16.0 Å². The molecule has 0 radical (unpaired) electrons. The molecule has 2 N–H and O–H groups in total. The summed E-state index contributed by atoms with van der Waals surface area (Å²) in [6.07, 6.45) is 3.72. The van der Waals surface area contributed by atoms with Gasteiger partial charge in [-0.1, -0.05) is 48.5 Å². The summed E-state index contributed by atoms with van der Waals surface area (Å²) in [5, 5.41) is 5.19. The SMILES string of the molecule is CNC(=O)c1ccccc1CCNC(=O)N(CC=O)C(=O)/C=C/c1ccccc1. The summed E-state index contributed by atoms with van der Waals surface area (Å²) < 4.78 is 0. The summed E-state index contributed by atoms with van der Waals surface area (Å²) in [7, 11) is 1.55. The lowest BCUT2D eigenvalue weighted by Crippen LogP contribution is -2.44. The highest BCUT2D eigenvalue weighted by atomic mass is 16.2. The van der Waals surface area contributed by atoms with Crippen LogP contribution in [-0.4, -0.2) is 49.2 Å². The Hall–Kier alpha value is -3.74. The zero-order chi connectivity index (χ0) is 21.1. The molecule has 0 unspecified atom stereocenters. The predicted molar refractivity (Wildman–Crippen MR) is 110 cm³/mol. The second kappa shape index (κ2) is 11.2. The van der Waals surface area contributed by atoms with E-state index < -0.39 is 11.9 Å². The molecule has 2 aromatic carbocycles. The molecule has 7 heteroatoms. The van der Waals surface area contributed by atoms with E-state index in [4.69, 9.17) is 0 Å². The molecule has 2 rings (SSSR count).